The monoisotopic (exact) mass is 346 g/mol. The van der Waals surface area contributed by atoms with Crippen molar-refractivity contribution in [3.8, 4) is 11.5 Å². The van der Waals surface area contributed by atoms with E-state index in [-0.39, 0.29) is 24.2 Å². The van der Waals surface area contributed by atoms with Crippen LogP contribution in [-0.2, 0) is 9.53 Å². The van der Waals surface area contributed by atoms with Crippen LogP contribution in [0.3, 0.4) is 0 Å². The van der Waals surface area contributed by atoms with E-state index >= 15 is 0 Å². The standard InChI is InChI=1S/C16H26N2O4.ClH/c1-5-11(2)15(17)16(19)18-12-6-7-13(21-4)14(10-12)22-9-8-20-3;/h6-7,10-11,15H,5,8-9,17H2,1-4H3,(H,18,19);1H. The van der Waals surface area contributed by atoms with Crippen LogP contribution in [-0.4, -0.2) is 39.4 Å². The summed E-state index contributed by atoms with van der Waals surface area (Å²) in [6.07, 6.45) is 0.850. The first-order chi connectivity index (χ1) is 10.5. The fourth-order valence-corrected chi connectivity index (χ4v) is 1.84. The van der Waals surface area contributed by atoms with Gasteiger partial charge in [-0.15, -0.1) is 12.4 Å². The Morgan fingerprint density at radius 3 is 2.52 bits per heavy atom. The van der Waals surface area contributed by atoms with Gasteiger partial charge in [-0.25, -0.2) is 0 Å². The minimum absolute atomic E-state index is 0. The highest BCUT2D eigenvalue weighted by atomic mass is 35.5. The van der Waals surface area contributed by atoms with Crippen LogP contribution in [0.2, 0.25) is 0 Å². The van der Waals surface area contributed by atoms with Gasteiger partial charge in [-0.1, -0.05) is 20.3 Å². The second-order valence-corrected chi connectivity index (χ2v) is 5.11. The molecule has 3 N–H and O–H groups in total. The van der Waals surface area contributed by atoms with Crippen LogP contribution >= 0.6 is 12.4 Å². The van der Waals surface area contributed by atoms with Crippen molar-refractivity contribution >= 4 is 24.0 Å². The van der Waals surface area contributed by atoms with Crippen LogP contribution in [0.4, 0.5) is 5.69 Å². The average Bonchev–Trinajstić information content (AvgIpc) is 2.53. The molecular weight excluding hydrogens is 320 g/mol. The first kappa shape index (κ1) is 21.5. The van der Waals surface area contributed by atoms with Gasteiger partial charge in [0.2, 0.25) is 5.91 Å². The van der Waals surface area contributed by atoms with E-state index in [1.54, 1.807) is 32.4 Å². The maximum Gasteiger partial charge on any atom is 0.241 e. The molecule has 6 nitrogen and oxygen atoms in total. The lowest BCUT2D eigenvalue weighted by molar-refractivity contribution is -0.118. The summed E-state index contributed by atoms with van der Waals surface area (Å²) in [6.45, 7) is 4.83. The number of nitrogens with one attached hydrogen (secondary N) is 1. The highest BCUT2D eigenvalue weighted by Crippen LogP contribution is 2.30. The van der Waals surface area contributed by atoms with Gasteiger partial charge < -0.3 is 25.3 Å². The van der Waals surface area contributed by atoms with Crippen molar-refractivity contribution in [2.75, 3.05) is 32.8 Å². The maximum atomic E-state index is 12.1. The summed E-state index contributed by atoms with van der Waals surface area (Å²) >= 11 is 0. The Balaban J connectivity index is 0.00000484. The fraction of sp³-hybridized carbons (Fsp3) is 0.562. The first-order valence-electron chi connectivity index (χ1n) is 7.39. The summed E-state index contributed by atoms with van der Waals surface area (Å²) in [5.74, 6) is 1.06. The summed E-state index contributed by atoms with van der Waals surface area (Å²) in [4.78, 5) is 12.1. The first-order valence-corrected chi connectivity index (χ1v) is 7.39. The van der Waals surface area contributed by atoms with Gasteiger partial charge in [-0.3, -0.25) is 4.79 Å². The molecule has 0 saturated carbocycles. The van der Waals surface area contributed by atoms with Gasteiger partial charge in [0.15, 0.2) is 11.5 Å². The maximum absolute atomic E-state index is 12.1. The van der Waals surface area contributed by atoms with E-state index < -0.39 is 6.04 Å². The van der Waals surface area contributed by atoms with Crippen LogP contribution in [0.15, 0.2) is 18.2 Å². The molecule has 1 rings (SSSR count). The van der Waals surface area contributed by atoms with Gasteiger partial charge in [0, 0.05) is 18.9 Å². The van der Waals surface area contributed by atoms with E-state index in [1.807, 2.05) is 13.8 Å². The lowest BCUT2D eigenvalue weighted by atomic mass is 9.99. The smallest absolute Gasteiger partial charge is 0.241 e. The van der Waals surface area contributed by atoms with Gasteiger partial charge in [0.05, 0.1) is 19.8 Å². The highest BCUT2D eigenvalue weighted by Gasteiger charge is 2.19. The number of hydrogen-bond acceptors (Lipinski definition) is 5. The Hall–Kier alpha value is -1.50. The SMILES string of the molecule is CCC(C)C(N)C(=O)Nc1ccc(OC)c(OCCOC)c1.Cl. The van der Waals surface area contributed by atoms with Gasteiger partial charge in [-0.05, 0) is 18.1 Å². The van der Waals surface area contributed by atoms with Gasteiger partial charge in [-0.2, -0.15) is 0 Å². The molecule has 1 aromatic carbocycles. The Labute approximate surface area is 144 Å². The molecule has 0 fully saturated rings. The molecule has 0 aliphatic carbocycles. The molecular formula is C16H27ClN2O4. The highest BCUT2D eigenvalue weighted by molar-refractivity contribution is 5.95. The lowest BCUT2D eigenvalue weighted by Crippen LogP contribution is -2.40. The Morgan fingerprint density at radius 2 is 1.96 bits per heavy atom. The van der Waals surface area contributed by atoms with E-state index in [9.17, 15) is 4.79 Å². The van der Waals surface area contributed by atoms with Crippen LogP contribution in [0.25, 0.3) is 0 Å². The molecule has 1 aromatic rings. The number of carbonyl (C=O) groups excluding carboxylic acids is 1. The molecule has 23 heavy (non-hydrogen) atoms. The molecule has 7 heteroatoms. The summed E-state index contributed by atoms with van der Waals surface area (Å²) < 4.78 is 15.8. The third-order valence-corrected chi connectivity index (χ3v) is 3.54. The topological polar surface area (TPSA) is 82.8 Å². The number of carbonyl (C=O) groups is 1. The van der Waals surface area contributed by atoms with Crippen LogP contribution in [0.5, 0.6) is 11.5 Å². The zero-order valence-electron chi connectivity index (χ0n) is 14.1. The molecule has 1 amide bonds. The third kappa shape index (κ3) is 6.64. The Kier molecular flexibility index (Phi) is 10.4. The van der Waals surface area contributed by atoms with Crippen LogP contribution in [0, 0.1) is 5.92 Å². The van der Waals surface area contributed by atoms with Gasteiger partial charge in [0.25, 0.3) is 0 Å². The second-order valence-electron chi connectivity index (χ2n) is 5.11. The number of halogens is 1. The summed E-state index contributed by atoms with van der Waals surface area (Å²) in [5.41, 5.74) is 6.55. The molecule has 0 bridgehead atoms. The number of hydrogen-bond donors (Lipinski definition) is 2. The molecule has 0 spiro atoms. The predicted molar refractivity (Wildman–Crippen MR) is 93.7 cm³/mol. The third-order valence-electron chi connectivity index (χ3n) is 3.54. The average molecular weight is 347 g/mol. The zero-order valence-corrected chi connectivity index (χ0v) is 14.9. The summed E-state index contributed by atoms with van der Waals surface area (Å²) in [5, 5.41) is 2.81. The van der Waals surface area contributed by atoms with E-state index in [0.717, 1.165) is 6.42 Å². The molecule has 0 aromatic heterocycles. The number of rotatable bonds is 9. The van der Waals surface area contributed by atoms with E-state index in [4.69, 9.17) is 19.9 Å². The lowest BCUT2D eigenvalue weighted by Gasteiger charge is -2.18. The largest absolute Gasteiger partial charge is 0.493 e. The molecule has 0 aliphatic rings. The van der Waals surface area contributed by atoms with Crippen molar-refractivity contribution in [3.63, 3.8) is 0 Å². The predicted octanol–water partition coefficient (Wildman–Crippen LogP) is 2.45. The molecule has 0 radical (unpaired) electrons. The quantitative estimate of drug-likeness (QED) is 0.671. The van der Waals surface area contributed by atoms with Crippen molar-refractivity contribution in [1.29, 1.82) is 0 Å². The molecule has 132 valence electrons. The van der Waals surface area contributed by atoms with Crippen molar-refractivity contribution in [2.45, 2.75) is 26.3 Å². The van der Waals surface area contributed by atoms with Crippen molar-refractivity contribution in [1.82, 2.24) is 0 Å². The number of anilines is 1. The van der Waals surface area contributed by atoms with Crippen molar-refractivity contribution in [3.05, 3.63) is 18.2 Å². The number of benzene rings is 1. The number of nitrogens with two attached hydrogens (primary N) is 1. The fourth-order valence-electron chi connectivity index (χ4n) is 1.84. The number of ether oxygens (including phenoxy) is 3. The zero-order chi connectivity index (χ0) is 16.5. The van der Waals surface area contributed by atoms with Crippen molar-refractivity contribution in [2.24, 2.45) is 11.7 Å². The van der Waals surface area contributed by atoms with Crippen LogP contribution in [0.1, 0.15) is 20.3 Å². The normalized spacial score (nSPS) is 12.7. The van der Waals surface area contributed by atoms with Gasteiger partial charge >= 0.3 is 0 Å². The Morgan fingerprint density at radius 1 is 1.26 bits per heavy atom. The minimum atomic E-state index is -0.537. The van der Waals surface area contributed by atoms with Gasteiger partial charge in [0.1, 0.15) is 6.61 Å². The summed E-state index contributed by atoms with van der Waals surface area (Å²) in [6, 6.07) is 4.68. The second kappa shape index (κ2) is 11.1. The molecule has 0 heterocycles. The summed E-state index contributed by atoms with van der Waals surface area (Å²) in [7, 11) is 3.17. The number of amides is 1. The molecule has 2 atom stereocenters. The van der Waals surface area contributed by atoms with Crippen molar-refractivity contribution < 1.29 is 19.0 Å². The number of methoxy groups -OCH3 is 2. The van der Waals surface area contributed by atoms with E-state index in [1.165, 1.54) is 0 Å². The van der Waals surface area contributed by atoms with Crippen LogP contribution < -0.4 is 20.5 Å². The minimum Gasteiger partial charge on any atom is -0.493 e. The molecule has 2 unspecified atom stereocenters. The molecule has 0 aliphatic heterocycles. The van der Waals surface area contributed by atoms with E-state index in [0.29, 0.717) is 30.4 Å². The Bertz CT molecular complexity index is 485. The molecule has 0 saturated heterocycles. The van der Waals surface area contributed by atoms with E-state index in [2.05, 4.69) is 5.32 Å².